The summed E-state index contributed by atoms with van der Waals surface area (Å²) in [4.78, 5) is 13.0. The summed E-state index contributed by atoms with van der Waals surface area (Å²) in [6.07, 6.45) is 1.39. The smallest absolute Gasteiger partial charge is 0.218 e. The molecule has 0 bridgehead atoms. The Kier molecular flexibility index (Phi) is 3.10. The number of anilines is 1. The van der Waals surface area contributed by atoms with Crippen molar-refractivity contribution in [2.24, 2.45) is 5.73 Å². The predicted octanol–water partition coefficient (Wildman–Crippen LogP) is 0.502. The molecule has 4 nitrogen and oxygen atoms in total. The van der Waals surface area contributed by atoms with E-state index in [1.807, 2.05) is 12.1 Å². The van der Waals surface area contributed by atoms with Gasteiger partial charge < -0.3 is 11.5 Å². The Balaban J connectivity index is 2.04. The highest BCUT2D eigenvalue weighted by Crippen LogP contribution is 2.23. The van der Waals surface area contributed by atoms with Crippen LogP contribution in [-0.4, -0.2) is 23.9 Å². The quantitative estimate of drug-likeness (QED) is 0.727. The van der Waals surface area contributed by atoms with Gasteiger partial charge in [0.1, 0.15) is 0 Å². The molecule has 1 heterocycles. The van der Waals surface area contributed by atoms with Crippen LogP contribution >= 0.6 is 0 Å². The van der Waals surface area contributed by atoms with Gasteiger partial charge in [-0.15, -0.1) is 0 Å². The third-order valence-electron chi connectivity index (χ3n) is 3.06. The summed E-state index contributed by atoms with van der Waals surface area (Å²) in [5.74, 6) is -0.238. The molecule has 1 amide bonds. The highest BCUT2D eigenvalue weighted by molar-refractivity contribution is 5.73. The Morgan fingerprint density at radius 3 is 3.00 bits per heavy atom. The molecule has 1 aliphatic heterocycles. The predicted molar refractivity (Wildman–Crippen MR) is 63.6 cm³/mol. The van der Waals surface area contributed by atoms with Gasteiger partial charge in [-0.05, 0) is 23.6 Å². The number of hydrogen-bond donors (Lipinski definition) is 2. The third-order valence-corrected chi connectivity index (χ3v) is 3.06. The lowest BCUT2D eigenvalue weighted by Crippen LogP contribution is -2.33. The summed E-state index contributed by atoms with van der Waals surface area (Å²) >= 11 is 0. The maximum atomic E-state index is 10.7. The maximum absolute atomic E-state index is 10.7. The number of nitrogens with zero attached hydrogens (tertiary/aromatic N) is 1. The molecule has 4 N–H and O–H groups in total. The van der Waals surface area contributed by atoms with Gasteiger partial charge in [-0.3, -0.25) is 9.69 Å². The molecule has 86 valence electrons. The second-order valence-corrected chi connectivity index (χ2v) is 4.23. The number of fused-ring (bicyclic) bond motifs is 1. The van der Waals surface area contributed by atoms with Gasteiger partial charge in [0.05, 0.1) is 0 Å². The second kappa shape index (κ2) is 4.53. The standard InChI is InChI=1S/C12H17N3O/c13-11-3-1-2-9-8-15(6-4-10(9)11)7-5-12(14)16/h1-3H,4-8,13H2,(H2,14,16). The fourth-order valence-electron chi connectivity index (χ4n) is 2.16. The first-order valence-corrected chi connectivity index (χ1v) is 5.53. The van der Waals surface area contributed by atoms with Crippen LogP contribution in [0.1, 0.15) is 17.5 Å². The molecule has 2 rings (SSSR count). The van der Waals surface area contributed by atoms with Crippen LogP contribution in [-0.2, 0) is 17.8 Å². The van der Waals surface area contributed by atoms with E-state index in [4.69, 9.17) is 11.5 Å². The second-order valence-electron chi connectivity index (χ2n) is 4.23. The van der Waals surface area contributed by atoms with E-state index < -0.39 is 0 Å². The van der Waals surface area contributed by atoms with E-state index in [1.54, 1.807) is 0 Å². The van der Waals surface area contributed by atoms with Crippen LogP contribution in [0.2, 0.25) is 0 Å². The number of amides is 1. The molecular formula is C12H17N3O. The highest BCUT2D eigenvalue weighted by atomic mass is 16.1. The molecule has 0 unspecified atom stereocenters. The number of hydrogen-bond acceptors (Lipinski definition) is 3. The van der Waals surface area contributed by atoms with Crippen LogP contribution in [0, 0.1) is 0 Å². The van der Waals surface area contributed by atoms with Gasteiger partial charge in [0, 0.05) is 31.7 Å². The lowest BCUT2D eigenvalue weighted by Gasteiger charge is -2.29. The van der Waals surface area contributed by atoms with Crippen molar-refractivity contribution in [3.63, 3.8) is 0 Å². The fourth-order valence-corrected chi connectivity index (χ4v) is 2.16. The van der Waals surface area contributed by atoms with E-state index in [0.29, 0.717) is 6.42 Å². The molecule has 1 aliphatic rings. The minimum absolute atomic E-state index is 0.238. The van der Waals surface area contributed by atoms with Gasteiger partial charge in [-0.25, -0.2) is 0 Å². The number of nitrogens with two attached hydrogens (primary N) is 2. The topological polar surface area (TPSA) is 72.4 Å². The molecule has 0 radical (unpaired) electrons. The first-order valence-electron chi connectivity index (χ1n) is 5.53. The molecule has 1 aromatic rings. The summed E-state index contributed by atoms with van der Waals surface area (Å²) in [7, 11) is 0. The molecule has 0 atom stereocenters. The van der Waals surface area contributed by atoms with Crippen LogP contribution in [0.3, 0.4) is 0 Å². The summed E-state index contributed by atoms with van der Waals surface area (Å²) in [5, 5.41) is 0. The number of carbonyl (C=O) groups excluding carboxylic acids is 1. The zero-order valence-corrected chi connectivity index (χ0v) is 9.28. The van der Waals surface area contributed by atoms with Crippen molar-refractivity contribution in [3.8, 4) is 0 Å². The summed E-state index contributed by atoms with van der Waals surface area (Å²) in [6, 6.07) is 6.02. The van der Waals surface area contributed by atoms with Gasteiger partial charge in [-0.1, -0.05) is 12.1 Å². The van der Waals surface area contributed by atoms with E-state index in [2.05, 4.69) is 11.0 Å². The molecule has 16 heavy (non-hydrogen) atoms. The fraction of sp³-hybridized carbons (Fsp3) is 0.417. The van der Waals surface area contributed by atoms with Crippen molar-refractivity contribution < 1.29 is 4.79 Å². The first-order chi connectivity index (χ1) is 7.66. The zero-order chi connectivity index (χ0) is 11.5. The Morgan fingerprint density at radius 1 is 1.44 bits per heavy atom. The lowest BCUT2D eigenvalue weighted by atomic mass is 9.98. The van der Waals surface area contributed by atoms with Gasteiger partial charge >= 0.3 is 0 Å². The highest BCUT2D eigenvalue weighted by Gasteiger charge is 2.17. The van der Waals surface area contributed by atoms with Crippen molar-refractivity contribution in [2.75, 3.05) is 18.8 Å². The zero-order valence-electron chi connectivity index (χ0n) is 9.28. The normalized spacial score (nSPS) is 15.8. The van der Waals surface area contributed by atoms with Crippen LogP contribution < -0.4 is 11.5 Å². The number of nitrogen functional groups attached to an aromatic ring is 1. The third kappa shape index (κ3) is 2.33. The number of benzene rings is 1. The molecule has 0 aliphatic carbocycles. The first kappa shape index (κ1) is 11.0. The van der Waals surface area contributed by atoms with Gasteiger partial charge in [-0.2, -0.15) is 0 Å². The van der Waals surface area contributed by atoms with Crippen molar-refractivity contribution in [3.05, 3.63) is 29.3 Å². The van der Waals surface area contributed by atoms with Crippen molar-refractivity contribution in [2.45, 2.75) is 19.4 Å². The Bertz CT molecular complexity index is 403. The van der Waals surface area contributed by atoms with Crippen LogP contribution in [0.4, 0.5) is 5.69 Å². The Hall–Kier alpha value is -1.55. The molecule has 4 heteroatoms. The summed E-state index contributed by atoms with van der Waals surface area (Å²) in [5.41, 5.74) is 14.5. The molecular weight excluding hydrogens is 202 g/mol. The average Bonchev–Trinajstić information content (AvgIpc) is 2.26. The van der Waals surface area contributed by atoms with Gasteiger partial charge in [0.2, 0.25) is 5.91 Å². The van der Waals surface area contributed by atoms with Crippen LogP contribution in [0.5, 0.6) is 0 Å². The van der Waals surface area contributed by atoms with Crippen LogP contribution in [0.15, 0.2) is 18.2 Å². The largest absolute Gasteiger partial charge is 0.398 e. The van der Waals surface area contributed by atoms with E-state index in [9.17, 15) is 4.79 Å². The van der Waals surface area contributed by atoms with E-state index >= 15 is 0 Å². The molecule has 0 aromatic heterocycles. The number of rotatable bonds is 3. The summed E-state index contributed by atoms with van der Waals surface area (Å²) in [6.45, 7) is 2.56. The SMILES string of the molecule is NC(=O)CCN1CCc2c(N)cccc2C1. The van der Waals surface area contributed by atoms with E-state index in [-0.39, 0.29) is 5.91 Å². The Morgan fingerprint density at radius 2 is 2.25 bits per heavy atom. The minimum atomic E-state index is -0.238. The maximum Gasteiger partial charge on any atom is 0.218 e. The van der Waals surface area contributed by atoms with Crippen molar-refractivity contribution in [1.29, 1.82) is 0 Å². The molecule has 0 fully saturated rings. The van der Waals surface area contributed by atoms with Crippen molar-refractivity contribution >= 4 is 11.6 Å². The lowest BCUT2D eigenvalue weighted by molar-refractivity contribution is -0.118. The van der Waals surface area contributed by atoms with Gasteiger partial charge in [0.15, 0.2) is 0 Å². The molecule has 1 aromatic carbocycles. The number of primary amides is 1. The molecule has 0 saturated carbocycles. The van der Waals surface area contributed by atoms with Gasteiger partial charge in [0.25, 0.3) is 0 Å². The minimum Gasteiger partial charge on any atom is -0.398 e. The Labute approximate surface area is 95.2 Å². The van der Waals surface area contributed by atoms with E-state index in [1.165, 1.54) is 11.1 Å². The summed E-state index contributed by atoms with van der Waals surface area (Å²) < 4.78 is 0. The molecule has 0 saturated heterocycles. The monoisotopic (exact) mass is 219 g/mol. The van der Waals surface area contributed by atoms with Crippen LogP contribution in [0.25, 0.3) is 0 Å². The number of carbonyl (C=O) groups is 1. The average molecular weight is 219 g/mol. The van der Waals surface area contributed by atoms with Crippen molar-refractivity contribution in [1.82, 2.24) is 4.90 Å². The molecule has 0 spiro atoms. The van der Waals surface area contributed by atoms with E-state index in [0.717, 1.165) is 31.7 Å².